The Hall–Kier alpha value is -3.10. The third-order valence-electron chi connectivity index (χ3n) is 5.61. The fourth-order valence-electron chi connectivity index (χ4n) is 3.89. The zero-order valence-electron chi connectivity index (χ0n) is 17.7. The lowest BCUT2D eigenvalue weighted by Gasteiger charge is -2.13. The molecule has 0 aliphatic rings. The van der Waals surface area contributed by atoms with Gasteiger partial charge in [0.25, 0.3) is 0 Å². The van der Waals surface area contributed by atoms with Gasteiger partial charge in [-0.15, -0.1) is 5.10 Å². The molecular formula is C24H19Cl3N6O. The maximum Gasteiger partial charge on any atom is 0.203 e. The molecule has 0 fully saturated rings. The zero-order valence-corrected chi connectivity index (χ0v) is 20.0. The van der Waals surface area contributed by atoms with Gasteiger partial charge >= 0.3 is 0 Å². The minimum atomic E-state index is -0.867. The summed E-state index contributed by atoms with van der Waals surface area (Å²) in [6.45, 7) is 0.532. The molecule has 5 rings (SSSR count). The van der Waals surface area contributed by atoms with Gasteiger partial charge in [-0.1, -0.05) is 58.2 Å². The SMILES string of the molecule is N=c1n(Cc2cn(-c3ccc(Cl)cc3)nn2)c2ccccc2n1CC(O)c1ccc(Cl)c(Cl)c1. The van der Waals surface area contributed by atoms with E-state index in [1.807, 2.05) is 47.2 Å². The molecule has 2 heterocycles. The molecule has 0 amide bonds. The van der Waals surface area contributed by atoms with Crippen LogP contribution in [0.2, 0.25) is 15.1 Å². The maximum atomic E-state index is 10.9. The molecule has 2 aromatic heterocycles. The van der Waals surface area contributed by atoms with Crippen molar-refractivity contribution in [3.8, 4) is 5.69 Å². The van der Waals surface area contributed by atoms with Gasteiger partial charge in [-0.3, -0.25) is 5.41 Å². The maximum absolute atomic E-state index is 10.9. The van der Waals surface area contributed by atoms with Gasteiger partial charge in [0.1, 0.15) is 5.69 Å². The number of benzene rings is 3. The minimum Gasteiger partial charge on any atom is -0.387 e. The molecule has 7 nitrogen and oxygen atoms in total. The van der Waals surface area contributed by atoms with Crippen LogP contribution in [-0.2, 0) is 13.1 Å². The van der Waals surface area contributed by atoms with Crippen molar-refractivity contribution in [3.05, 3.63) is 105 Å². The smallest absolute Gasteiger partial charge is 0.203 e. The molecule has 1 unspecified atom stereocenters. The van der Waals surface area contributed by atoms with E-state index in [0.29, 0.717) is 32.9 Å². The monoisotopic (exact) mass is 512 g/mol. The van der Waals surface area contributed by atoms with E-state index in [4.69, 9.17) is 40.2 Å². The Morgan fingerprint density at radius 1 is 0.882 bits per heavy atom. The summed E-state index contributed by atoms with van der Waals surface area (Å²) in [6.07, 6.45) is 0.959. The Morgan fingerprint density at radius 2 is 1.59 bits per heavy atom. The first kappa shape index (κ1) is 22.7. The highest BCUT2D eigenvalue weighted by molar-refractivity contribution is 6.42. The first-order valence-corrected chi connectivity index (χ1v) is 11.6. The zero-order chi connectivity index (χ0) is 23.8. The quantitative estimate of drug-likeness (QED) is 0.325. The van der Waals surface area contributed by atoms with E-state index in [2.05, 4.69) is 10.3 Å². The Labute approximate surface area is 209 Å². The number of para-hydroxylation sites is 2. The molecule has 0 spiro atoms. The van der Waals surface area contributed by atoms with Gasteiger partial charge < -0.3 is 14.2 Å². The average molecular weight is 514 g/mol. The largest absolute Gasteiger partial charge is 0.387 e. The normalized spacial score (nSPS) is 12.4. The Morgan fingerprint density at radius 3 is 2.29 bits per heavy atom. The summed E-state index contributed by atoms with van der Waals surface area (Å²) in [4.78, 5) is 0. The van der Waals surface area contributed by atoms with Gasteiger partial charge in [-0.05, 0) is 54.1 Å². The summed E-state index contributed by atoms with van der Waals surface area (Å²) < 4.78 is 5.28. The second-order valence-corrected chi connectivity index (χ2v) is 9.08. The molecule has 34 heavy (non-hydrogen) atoms. The molecule has 0 bridgehead atoms. The molecule has 0 saturated carbocycles. The lowest BCUT2D eigenvalue weighted by molar-refractivity contribution is 0.155. The summed E-state index contributed by atoms with van der Waals surface area (Å²) in [7, 11) is 0. The number of aliphatic hydroxyl groups is 1. The number of fused-ring (bicyclic) bond motifs is 1. The Bertz CT molecular complexity index is 1540. The molecule has 2 N–H and O–H groups in total. The number of aromatic nitrogens is 5. The van der Waals surface area contributed by atoms with Crippen LogP contribution in [0.15, 0.2) is 72.9 Å². The minimum absolute atomic E-state index is 0.182. The van der Waals surface area contributed by atoms with E-state index >= 15 is 0 Å². The van der Waals surface area contributed by atoms with Gasteiger partial charge in [0.2, 0.25) is 5.62 Å². The number of aliphatic hydroxyl groups excluding tert-OH is 1. The summed E-state index contributed by atoms with van der Waals surface area (Å²) in [5.41, 5.74) is 4.09. The van der Waals surface area contributed by atoms with Crippen LogP contribution in [0.3, 0.4) is 0 Å². The molecule has 5 aromatic rings. The van der Waals surface area contributed by atoms with E-state index in [1.54, 1.807) is 39.6 Å². The van der Waals surface area contributed by atoms with E-state index < -0.39 is 6.10 Å². The first-order valence-electron chi connectivity index (χ1n) is 10.4. The van der Waals surface area contributed by atoms with E-state index in [1.165, 1.54) is 0 Å². The highest BCUT2D eigenvalue weighted by Gasteiger charge is 2.17. The van der Waals surface area contributed by atoms with Gasteiger partial charge in [0.05, 0.1) is 52.2 Å². The van der Waals surface area contributed by atoms with Crippen LogP contribution in [0.4, 0.5) is 0 Å². The van der Waals surface area contributed by atoms with Crippen LogP contribution in [0.1, 0.15) is 17.4 Å². The Balaban J connectivity index is 1.47. The number of halogens is 3. The lowest BCUT2D eigenvalue weighted by atomic mass is 10.1. The van der Waals surface area contributed by atoms with Crippen molar-refractivity contribution >= 4 is 45.8 Å². The van der Waals surface area contributed by atoms with Crippen molar-refractivity contribution in [1.29, 1.82) is 5.41 Å². The van der Waals surface area contributed by atoms with Crippen LogP contribution < -0.4 is 5.62 Å². The van der Waals surface area contributed by atoms with Crippen molar-refractivity contribution in [2.45, 2.75) is 19.2 Å². The molecule has 172 valence electrons. The molecule has 0 saturated heterocycles. The molecule has 1 atom stereocenters. The van der Waals surface area contributed by atoms with Crippen molar-refractivity contribution in [2.75, 3.05) is 0 Å². The van der Waals surface area contributed by atoms with Gasteiger partial charge in [-0.25, -0.2) is 4.68 Å². The summed E-state index contributed by atoms with van der Waals surface area (Å²) in [6, 6.07) is 20.0. The number of nitrogens with zero attached hydrogens (tertiary/aromatic N) is 5. The van der Waals surface area contributed by atoms with Gasteiger partial charge in [0, 0.05) is 5.02 Å². The van der Waals surface area contributed by atoms with Crippen molar-refractivity contribution in [1.82, 2.24) is 24.1 Å². The molecule has 10 heteroatoms. The molecular weight excluding hydrogens is 495 g/mol. The fraction of sp³-hybridized carbons (Fsp3) is 0.125. The standard InChI is InChI=1S/C24H19Cl3N6O/c25-16-6-8-18(9-7-16)33-13-17(29-30-33)12-31-21-3-1-2-4-22(21)32(24(31)28)14-23(34)15-5-10-19(26)20(27)11-15/h1-11,13,23,28,34H,12,14H2. The summed E-state index contributed by atoms with van der Waals surface area (Å²) in [5, 5.41) is 29.7. The van der Waals surface area contributed by atoms with Gasteiger partial charge in [0.15, 0.2) is 0 Å². The second kappa shape index (κ2) is 9.27. The summed E-state index contributed by atoms with van der Waals surface area (Å²) >= 11 is 18.1. The summed E-state index contributed by atoms with van der Waals surface area (Å²) in [5.74, 6) is 0. The topological polar surface area (TPSA) is 84.7 Å². The number of hydrogen-bond donors (Lipinski definition) is 2. The number of hydrogen-bond acceptors (Lipinski definition) is 4. The molecule has 0 aliphatic carbocycles. The fourth-order valence-corrected chi connectivity index (χ4v) is 4.32. The van der Waals surface area contributed by atoms with Crippen LogP contribution >= 0.6 is 34.8 Å². The van der Waals surface area contributed by atoms with Crippen LogP contribution in [-0.4, -0.2) is 29.2 Å². The molecule has 3 aromatic carbocycles. The highest BCUT2D eigenvalue weighted by atomic mass is 35.5. The van der Waals surface area contributed by atoms with Crippen molar-refractivity contribution in [3.63, 3.8) is 0 Å². The average Bonchev–Trinajstić information content (AvgIpc) is 3.40. The van der Waals surface area contributed by atoms with Crippen LogP contribution in [0, 0.1) is 5.41 Å². The first-order chi connectivity index (χ1) is 16.4. The van der Waals surface area contributed by atoms with Crippen LogP contribution in [0.5, 0.6) is 0 Å². The van der Waals surface area contributed by atoms with Crippen molar-refractivity contribution in [2.24, 2.45) is 0 Å². The number of rotatable bonds is 6. The van der Waals surface area contributed by atoms with E-state index in [0.717, 1.165) is 16.7 Å². The Kier molecular flexibility index (Phi) is 6.18. The second-order valence-electron chi connectivity index (χ2n) is 7.83. The lowest BCUT2D eigenvalue weighted by Crippen LogP contribution is -2.27. The van der Waals surface area contributed by atoms with E-state index in [-0.39, 0.29) is 12.2 Å². The third-order valence-corrected chi connectivity index (χ3v) is 6.60. The van der Waals surface area contributed by atoms with Crippen molar-refractivity contribution < 1.29 is 5.11 Å². The van der Waals surface area contributed by atoms with Gasteiger partial charge in [-0.2, -0.15) is 0 Å². The van der Waals surface area contributed by atoms with Crippen LogP contribution in [0.25, 0.3) is 16.7 Å². The predicted octanol–water partition coefficient (Wildman–Crippen LogP) is 5.25. The highest BCUT2D eigenvalue weighted by Crippen LogP contribution is 2.27. The number of imidazole rings is 1. The van der Waals surface area contributed by atoms with E-state index in [9.17, 15) is 5.11 Å². The molecule has 0 aliphatic heterocycles. The predicted molar refractivity (Wildman–Crippen MR) is 133 cm³/mol. The molecule has 0 radical (unpaired) electrons. The number of nitrogens with one attached hydrogen (secondary N) is 1. The third kappa shape index (κ3) is 4.35.